The molecule has 5 nitrogen and oxygen atoms in total. The average Bonchev–Trinajstić information content (AvgIpc) is 3.03. The summed E-state index contributed by atoms with van der Waals surface area (Å²) < 4.78 is 0. The fourth-order valence-electron chi connectivity index (χ4n) is 3.01. The van der Waals surface area contributed by atoms with E-state index < -0.39 is 5.41 Å². The first-order valence-electron chi connectivity index (χ1n) is 7.65. The zero-order valence-electron chi connectivity index (χ0n) is 13.1. The van der Waals surface area contributed by atoms with Crippen LogP contribution in [-0.2, 0) is 10.2 Å². The molecule has 4 rings (SSSR count). The van der Waals surface area contributed by atoms with Crippen molar-refractivity contribution in [2.24, 2.45) is 0 Å². The molecule has 1 amide bonds. The molecule has 2 aliphatic heterocycles. The average molecular weight is 306 g/mol. The number of hydrogen-bond donors (Lipinski definition) is 3. The molecule has 0 fully saturated rings. The summed E-state index contributed by atoms with van der Waals surface area (Å²) in [5.74, 6) is 0.0466. The predicted octanol–water partition coefficient (Wildman–Crippen LogP) is 3.19. The molecule has 0 saturated heterocycles. The monoisotopic (exact) mass is 306 g/mol. The number of pyridine rings is 1. The normalized spacial score (nSPS) is 20.6. The number of nitrogens with zero attached hydrogens (tertiary/aromatic N) is 1. The van der Waals surface area contributed by atoms with Gasteiger partial charge in [-0.25, -0.2) is 0 Å². The van der Waals surface area contributed by atoms with Crippen molar-refractivity contribution < 1.29 is 4.79 Å². The lowest BCUT2D eigenvalue weighted by Gasteiger charge is -2.15. The Morgan fingerprint density at radius 2 is 1.78 bits per heavy atom. The number of carbonyl (C=O) groups is 1. The number of nitrogens with one attached hydrogen (secondary N) is 3. The van der Waals surface area contributed by atoms with Crippen LogP contribution in [-0.4, -0.2) is 17.1 Å². The standard InChI is InChI=1S/C18H18N4O/c1-18(2)12-9-14-15(10-13(12)22-17(18)23)21-16(20-14)4-3-11-5-7-19-8-6-11/h3-10,16,20-21H,1-2H3,(H,22,23). The van der Waals surface area contributed by atoms with Crippen molar-refractivity contribution in [3.8, 4) is 0 Å². The fourth-order valence-corrected chi connectivity index (χ4v) is 3.01. The SMILES string of the molecule is CC1(C)C(=O)Nc2cc3c(cc21)NC(C=Cc1ccncc1)N3. The van der Waals surface area contributed by atoms with Crippen molar-refractivity contribution in [1.82, 2.24) is 4.98 Å². The minimum Gasteiger partial charge on any atom is -0.360 e. The highest BCUT2D eigenvalue weighted by Crippen LogP contribution is 2.43. The number of fused-ring (bicyclic) bond motifs is 2. The Morgan fingerprint density at radius 1 is 1.09 bits per heavy atom. The van der Waals surface area contributed by atoms with Crippen LogP contribution in [0.25, 0.3) is 6.08 Å². The van der Waals surface area contributed by atoms with Crippen LogP contribution in [0.3, 0.4) is 0 Å². The molecule has 0 saturated carbocycles. The van der Waals surface area contributed by atoms with Gasteiger partial charge in [0.2, 0.25) is 5.91 Å². The Kier molecular flexibility index (Phi) is 2.91. The summed E-state index contributed by atoms with van der Waals surface area (Å²) in [5.41, 5.74) is 4.58. The van der Waals surface area contributed by atoms with E-state index in [0.29, 0.717) is 0 Å². The number of hydrogen-bond acceptors (Lipinski definition) is 4. The lowest BCUT2D eigenvalue weighted by molar-refractivity contribution is -0.119. The minimum atomic E-state index is -0.489. The van der Waals surface area contributed by atoms with E-state index >= 15 is 0 Å². The van der Waals surface area contributed by atoms with Gasteiger partial charge >= 0.3 is 0 Å². The van der Waals surface area contributed by atoms with Gasteiger partial charge in [-0.15, -0.1) is 0 Å². The molecule has 1 aromatic carbocycles. The van der Waals surface area contributed by atoms with Gasteiger partial charge in [0.1, 0.15) is 6.17 Å². The van der Waals surface area contributed by atoms with Crippen LogP contribution < -0.4 is 16.0 Å². The van der Waals surface area contributed by atoms with Crippen LogP contribution in [0.2, 0.25) is 0 Å². The summed E-state index contributed by atoms with van der Waals surface area (Å²) >= 11 is 0. The second-order valence-corrected chi connectivity index (χ2v) is 6.43. The molecule has 116 valence electrons. The van der Waals surface area contributed by atoms with E-state index in [2.05, 4.69) is 39.2 Å². The van der Waals surface area contributed by atoms with Gasteiger partial charge in [-0.2, -0.15) is 0 Å². The highest BCUT2D eigenvalue weighted by atomic mass is 16.2. The van der Waals surface area contributed by atoms with Crippen LogP contribution in [0, 0.1) is 0 Å². The van der Waals surface area contributed by atoms with Crippen LogP contribution in [0.5, 0.6) is 0 Å². The minimum absolute atomic E-state index is 0.0273. The molecule has 2 aliphatic rings. The first-order chi connectivity index (χ1) is 11.0. The molecule has 0 spiro atoms. The zero-order chi connectivity index (χ0) is 16.0. The third-order valence-electron chi connectivity index (χ3n) is 4.46. The lowest BCUT2D eigenvalue weighted by Crippen LogP contribution is -2.26. The summed E-state index contributed by atoms with van der Waals surface area (Å²) in [6.45, 7) is 3.90. The van der Waals surface area contributed by atoms with Gasteiger partial charge < -0.3 is 16.0 Å². The summed E-state index contributed by atoms with van der Waals surface area (Å²) in [5, 5.41) is 9.80. The van der Waals surface area contributed by atoms with Gasteiger partial charge in [-0.05, 0) is 55.3 Å². The van der Waals surface area contributed by atoms with E-state index in [1.165, 1.54) is 0 Å². The maximum absolute atomic E-state index is 12.0. The summed E-state index contributed by atoms with van der Waals surface area (Å²) in [7, 11) is 0. The van der Waals surface area contributed by atoms with Crippen molar-refractivity contribution in [1.29, 1.82) is 0 Å². The maximum atomic E-state index is 12.0. The molecular weight excluding hydrogens is 288 g/mol. The van der Waals surface area contributed by atoms with Crippen molar-refractivity contribution in [3.63, 3.8) is 0 Å². The van der Waals surface area contributed by atoms with Gasteiger partial charge in [0.05, 0.1) is 16.8 Å². The molecule has 5 heteroatoms. The molecule has 3 heterocycles. The van der Waals surface area contributed by atoms with Crippen LogP contribution in [0.1, 0.15) is 25.0 Å². The third-order valence-corrected chi connectivity index (χ3v) is 4.46. The number of anilines is 3. The Bertz CT molecular complexity index is 811. The lowest BCUT2D eigenvalue weighted by atomic mass is 9.86. The summed E-state index contributed by atoms with van der Waals surface area (Å²) in [6.07, 6.45) is 7.71. The smallest absolute Gasteiger partial charge is 0.234 e. The van der Waals surface area contributed by atoms with Crippen LogP contribution in [0.4, 0.5) is 17.1 Å². The Labute approximate surface area is 134 Å². The maximum Gasteiger partial charge on any atom is 0.234 e. The van der Waals surface area contributed by atoms with Gasteiger partial charge in [-0.1, -0.05) is 6.08 Å². The van der Waals surface area contributed by atoms with Crippen LogP contribution in [0.15, 0.2) is 42.7 Å². The highest BCUT2D eigenvalue weighted by Gasteiger charge is 2.39. The van der Waals surface area contributed by atoms with Gasteiger partial charge in [0.15, 0.2) is 0 Å². The van der Waals surface area contributed by atoms with Gasteiger partial charge in [0, 0.05) is 18.1 Å². The highest BCUT2D eigenvalue weighted by molar-refractivity contribution is 6.07. The molecule has 0 radical (unpaired) electrons. The number of carbonyl (C=O) groups excluding carboxylic acids is 1. The molecule has 0 bridgehead atoms. The number of amides is 1. The largest absolute Gasteiger partial charge is 0.360 e. The molecule has 2 aromatic rings. The molecular formula is C18H18N4O. The van der Waals surface area contributed by atoms with Gasteiger partial charge in [-0.3, -0.25) is 9.78 Å². The molecule has 1 aromatic heterocycles. The molecule has 23 heavy (non-hydrogen) atoms. The molecule has 3 N–H and O–H groups in total. The fraction of sp³-hybridized carbons (Fsp3) is 0.222. The number of benzene rings is 1. The van der Waals surface area contributed by atoms with Gasteiger partial charge in [0.25, 0.3) is 0 Å². The quantitative estimate of drug-likeness (QED) is 0.797. The second kappa shape index (κ2) is 4.84. The summed E-state index contributed by atoms with van der Waals surface area (Å²) in [4.78, 5) is 16.1. The number of aromatic nitrogens is 1. The number of rotatable bonds is 2. The zero-order valence-corrected chi connectivity index (χ0v) is 13.1. The molecule has 0 aliphatic carbocycles. The van der Waals surface area contributed by atoms with E-state index in [1.54, 1.807) is 12.4 Å². The Morgan fingerprint density at radius 3 is 2.52 bits per heavy atom. The van der Waals surface area contributed by atoms with Crippen molar-refractivity contribution in [2.75, 3.05) is 16.0 Å². The first-order valence-corrected chi connectivity index (χ1v) is 7.65. The predicted molar refractivity (Wildman–Crippen MR) is 92.4 cm³/mol. The van der Waals surface area contributed by atoms with E-state index in [9.17, 15) is 4.79 Å². The second-order valence-electron chi connectivity index (χ2n) is 6.43. The van der Waals surface area contributed by atoms with Crippen molar-refractivity contribution >= 4 is 29.0 Å². The first kappa shape index (κ1) is 13.8. The molecule has 1 unspecified atom stereocenters. The summed E-state index contributed by atoms with van der Waals surface area (Å²) in [6, 6.07) is 8.00. The topological polar surface area (TPSA) is 66.0 Å². The van der Waals surface area contributed by atoms with E-state index in [4.69, 9.17) is 0 Å². The van der Waals surface area contributed by atoms with Crippen molar-refractivity contribution in [3.05, 3.63) is 53.9 Å². The van der Waals surface area contributed by atoms with E-state index in [1.807, 2.05) is 32.0 Å². The third kappa shape index (κ3) is 2.25. The Balaban J connectivity index is 1.58. The van der Waals surface area contributed by atoms with Crippen LogP contribution >= 0.6 is 0 Å². The van der Waals surface area contributed by atoms with Crippen molar-refractivity contribution in [2.45, 2.75) is 25.4 Å². The van der Waals surface area contributed by atoms with E-state index in [0.717, 1.165) is 28.2 Å². The Hall–Kier alpha value is -2.82. The molecule has 1 atom stereocenters. The van der Waals surface area contributed by atoms with E-state index in [-0.39, 0.29) is 12.1 Å².